The van der Waals surface area contributed by atoms with Gasteiger partial charge in [0.25, 0.3) is 0 Å². The fourth-order valence-corrected chi connectivity index (χ4v) is 4.38. The Morgan fingerprint density at radius 2 is 2.00 bits per heavy atom. The van der Waals surface area contributed by atoms with Gasteiger partial charge in [0.2, 0.25) is 5.91 Å². The fraction of sp³-hybridized carbons (Fsp3) is 0.458. The minimum atomic E-state index is -0.451. The Morgan fingerprint density at radius 1 is 1.23 bits per heavy atom. The van der Waals surface area contributed by atoms with Gasteiger partial charge in [-0.2, -0.15) is 0 Å². The van der Waals surface area contributed by atoms with Crippen LogP contribution in [0.15, 0.2) is 42.5 Å². The molecular formula is C24H30N2O5. The van der Waals surface area contributed by atoms with Crippen LogP contribution in [-0.4, -0.2) is 57.1 Å². The lowest BCUT2D eigenvalue weighted by atomic mass is 9.84. The van der Waals surface area contributed by atoms with Crippen LogP contribution >= 0.6 is 0 Å². The number of methoxy groups -OCH3 is 1. The topological polar surface area (TPSA) is 80.3 Å². The molecule has 4 rings (SSSR count). The molecule has 0 saturated carbocycles. The number of benzene rings is 2. The number of ether oxygens (including phenoxy) is 3. The first-order chi connectivity index (χ1) is 15.0. The molecule has 2 aromatic rings. The summed E-state index contributed by atoms with van der Waals surface area (Å²) in [6.45, 7) is 0.308. The summed E-state index contributed by atoms with van der Waals surface area (Å²) in [5.74, 6) is 1.65. The summed E-state index contributed by atoms with van der Waals surface area (Å²) < 4.78 is 17.3. The highest BCUT2D eigenvalue weighted by atomic mass is 16.6. The fourth-order valence-electron chi connectivity index (χ4n) is 4.38. The lowest BCUT2D eigenvalue weighted by molar-refractivity contribution is -0.142. The average molecular weight is 427 g/mol. The molecule has 0 spiro atoms. The van der Waals surface area contributed by atoms with Crippen LogP contribution < -0.4 is 19.7 Å². The quantitative estimate of drug-likeness (QED) is 0.708. The SMILES string of the molecule is COc1ccc(CNC(=O)C[C@H]2C[C@@H]3c4cc(N(C)C)ccc4O[C@@H]3[C@H](CO)O2)cc1. The molecule has 166 valence electrons. The normalized spacial score (nSPS) is 24.0. The number of amides is 1. The molecule has 2 N–H and O–H groups in total. The van der Waals surface area contributed by atoms with Crippen molar-refractivity contribution in [2.75, 3.05) is 32.7 Å². The van der Waals surface area contributed by atoms with E-state index in [2.05, 4.69) is 16.3 Å². The Morgan fingerprint density at radius 3 is 2.68 bits per heavy atom. The van der Waals surface area contributed by atoms with E-state index in [9.17, 15) is 9.90 Å². The van der Waals surface area contributed by atoms with Crippen LogP contribution in [0.25, 0.3) is 0 Å². The number of aliphatic hydroxyl groups excluding tert-OH is 1. The van der Waals surface area contributed by atoms with Crippen molar-refractivity contribution in [3.8, 4) is 11.5 Å². The Bertz CT molecular complexity index is 915. The Labute approximate surface area is 182 Å². The van der Waals surface area contributed by atoms with Crippen molar-refractivity contribution >= 4 is 11.6 Å². The molecule has 2 heterocycles. The number of aliphatic hydroxyl groups is 1. The van der Waals surface area contributed by atoms with Crippen LogP contribution in [0, 0.1) is 0 Å². The number of hydrogen-bond acceptors (Lipinski definition) is 6. The van der Waals surface area contributed by atoms with Crippen molar-refractivity contribution in [1.82, 2.24) is 5.32 Å². The van der Waals surface area contributed by atoms with Crippen LogP contribution in [-0.2, 0) is 16.1 Å². The molecule has 1 saturated heterocycles. The van der Waals surface area contributed by atoms with Gasteiger partial charge in [-0.1, -0.05) is 12.1 Å². The molecule has 1 fully saturated rings. The van der Waals surface area contributed by atoms with Crippen LogP contribution in [0.3, 0.4) is 0 Å². The van der Waals surface area contributed by atoms with E-state index >= 15 is 0 Å². The molecule has 0 radical (unpaired) electrons. The van der Waals surface area contributed by atoms with Gasteiger partial charge in [-0.25, -0.2) is 0 Å². The van der Waals surface area contributed by atoms with E-state index in [4.69, 9.17) is 14.2 Å². The number of nitrogens with one attached hydrogen (secondary N) is 1. The molecule has 2 aliphatic heterocycles. The average Bonchev–Trinajstić information content (AvgIpc) is 3.15. The number of carbonyl (C=O) groups excluding carboxylic acids is 1. The summed E-state index contributed by atoms with van der Waals surface area (Å²) >= 11 is 0. The number of hydrogen-bond donors (Lipinski definition) is 2. The van der Waals surface area contributed by atoms with Gasteiger partial charge in [-0.05, 0) is 42.3 Å². The van der Waals surface area contributed by atoms with Crippen molar-refractivity contribution in [3.63, 3.8) is 0 Å². The zero-order valence-electron chi connectivity index (χ0n) is 18.2. The molecule has 2 aliphatic rings. The predicted molar refractivity (Wildman–Crippen MR) is 118 cm³/mol. The third-order valence-electron chi connectivity index (χ3n) is 6.06. The Kier molecular flexibility index (Phi) is 6.34. The van der Waals surface area contributed by atoms with Gasteiger partial charge in [-0.3, -0.25) is 4.79 Å². The van der Waals surface area contributed by atoms with E-state index in [1.165, 1.54) is 0 Å². The first kappa shape index (κ1) is 21.5. The summed E-state index contributed by atoms with van der Waals surface area (Å²) in [5.41, 5.74) is 3.23. The number of carbonyl (C=O) groups is 1. The second-order valence-electron chi connectivity index (χ2n) is 8.35. The Balaban J connectivity index is 1.40. The maximum Gasteiger partial charge on any atom is 0.222 e. The summed E-state index contributed by atoms with van der Waals surface area (Å²) in [6, 6.07) is 13.7. The highest BCUT2D eigenvalue weighted by Gasteiger charge is 2.46. The van der Waals surface area contributed by atoms with Crippen LogP contribution in [0.2, 0.25) is 0 Å². The molecule has 1 amide bonds. The maximum atomic E-state index is 12.6. The number of nitrogens with zero attached hydrogens (tertiary/aromatic N) is 1. The molecule has 0 unspecified atom stereocenters. The van der Waals surface area contributed by atoms with Crippen LogP contribution in [0.4, 0.5) is 5.69 Å². The lowest BCUT2D eigenvalue weighted by Crippen LogP contribution is -2.47. The molecule has 7 nitrogen and oxygen atoms in total. The van der Waals surface area contributed by atoms with Gasteiger partial charge < -0.3 is 29.5 Å². The van der Waals surface area contributed by atoms with E-state index in [0.717, 1.165) is 28.3 Å². The van der Waals surface area contributed by atoms with Gasteiger partial charge in [0.1, 0.15) is 23.7 Å². The third kappa shape index (κ3) is 4.62. The van der Waals surface area contributed by atoms with Gasteiger partial charge in [0.15, 0.2) is 0 Å². The predicted octanol–water partition coefficient (Wildman–Crippen LogP) is 2.46. The zero-order chi connectivity index (χ0) is 22.0. The van der Waals surface area contributed by atoms with Gasteiger partial charge in [0, 0.05) is 37.8 Å². The molecule has 0 aromatic heterocycles. The lowest BCUT2D eigenvalue weighted by Gasteiger charge is -2.37. The largest absolute Gasteiger partial charge is 0.497 e. The van der Waals surface area contributed by atoms with Crippen molar-refractivity contribution in [2.45, 2.75) is 43.6 Å². The van der Waals surface area contributed by atoms with Crippen molar-refractivity contribution < 1.29 is 24.1 Å². The van der Waals surface area contributed by atoms with Crippen LogP contribution in [0.5, 0.6) is 11.5 Å². The zero-order valence-corrected chi connectivity index (χ0v) is 18.2. The first-order valence-corrected chi connectivity index (χ1v) is 10.6. The summed E-state index contributed by atoms with van der Waals surface area (Å²) in [4.78, 5) is 14.6. The summed E-state index contributed by atoms with van der Waals surface area (Å²) in [5, 5.41) is 12.8. The summed E-state index contributed by atoms with van der Waals surface area (Å²) in [7, 11) is 5.64. The first-order valence-electron chi connectivity index (χ1n) is 10.6. The molecule has 7 heteroatoms. The van der Waals surface area contributed by atoms with E-state index in [1.807, 2.05) is 50.5 Å². The minimum absolute atomic E-state index is 0.0721. The molecule has 2 aromatic carbocycles. The van der Waals surface area contributed by atoms with Gasteiger partial charge >= 0.3 is 0 Å². The van der Waals surface area contributed by atoms with Gasteiger partial charge in [0.05, 0.1) is 26.2 Å². The minimum Gasteiger partial charge on any atom is -0.497 e. The summed E-state index contributed by atoms with van der Waals surface area (Å²) in [6.07, 6.45) is -0.0178. The highest BCUT2D eigenvalue weighted by Crippen LogP contribution is 2.47. The third-order valence-corrected chi connectivity index (χ3v) is 6.06. The van der Waals surface area contributed by atoms with E-state index in [-0.39, 0.29) is 37.1 Å². The number of rotatable bonds is 7. The monoisotopic (exact) mass is 426 g/mol. The van der Waals surface area contributed by atoms with Crippen molar-refractivity contribution in [3.05, 3.63) is 53.6 Å². The van der Waals surface area contributed by atoms with E-state index < -0.39 is 6.10 Å². The standard InChI is InChI=1S/C24H30N2O5/c1-26(2)16-6-9-21-19(10-16)20-11-18(30-22(14-27)24(20)31-21)12-23(28)25-13-15-4-7-17(29-3)8-5-15/h4-10,18,20,22,24,27H,11-14H2,1-3H3,(H,25,28)/t18-,20-,22+,24+/m1/s1. The molecular weight excluding hydrogens is 396 g/mol. The van der Waals surface area contributed by atoms with Crippen molar-refractivity contribution in [2.24, 2.45) is 0 Å². The molecule has 0 aliphatic carbocycles. The smallest absolute Gasteiger partial charge is 0.222 e. The van der Waals surface area contributed by atoms with Crippen molar-refractivity contribution in [1.29, 1.82) is 0 Å². The number of fused-ring (bicyclic) bond motifs is 3. The highest BCUT2D eigenvalue weighted by molar-refractivity contribution is 5.76. The number of anilines is 1. The molecule has 31 heavy (non-hydrogen) atoms. The van der Waals surface area contributed by atoms with Gasteiger partial charge in [-0.15, -0.1) is 0 Å². The van der Waals surface area contributed by atoms with E-state index in [1.54, 1.807) is 7.11 Å². The second-order valence-corrected chi connectivity index (χ2v) is 8.35. The molecule has 4 atom stereocenters. The molecule has 0 bridgehead atoms. The van der Waals surface area contributed by atoms with E-state index in [0.29, 0.717) is 13.0 Å². The second kappa shape index (κ2) is 9.16. The van der Waals surface area contributed by atoms with Crippen LogP contribution in [0.1, 0.15) is 29.9 Å². The Hall–Kier alpha value is -2.77. The maximum absolute atomic E-state index is 12.6.